The Labute approximate surface area is 238 Å². The highest BCUT2D eigenvalue weighted by atomic mass is 35.5. The van der Waals surface area contributed by atoms with E-state index in [4.69, 9.17) is 21.1 Å². The Morgan fingerprint density at radius 3 is 2.23 bits per heavy atom. The predicted octanol–water partition coefficient (Wildman–Crippen LogP) is 6.90. The highest BCUT2D eigenvalue weighted by Crippen LogP contribution is 2.54. The molecule has 0 spiro atoms. The zero-order valence-electron chi connectivity index (χ0n) is 23.2. The van der Waals surface area contributed by atoms with Gasteiger partial charge in [0, 0.05) is 47.4 Å². The summed E-state index contributed by atoms with van der Waals surface area (Å²) in [7, 11) is 0. The number of ether oxygens (including phenoxy) is 2. The van der Waals surface area contributed by atoms with Crippen LogP contribution in [0.3, 0.4) is 0 Å². The van der Waals surface area contributed by atoms with Crippen LogP contribution >= 0.6 is 11.6 Å². The summed E-state index contributed by atoms with van der Waals surface area (Å²) >= 11 is 6.13. The van der Waals surface area contributed by atoms with E-state index in [2.05, 4.69) is 38.0 Å². The highest BCUT2D eigenvalue weighted by molar-refractivity contribution is 6.30. The van der Waals surface area contributed by atoms with Crippen molar-refractivity contribution in [1.82, 2.24) is 15.0 Å². The van der Waals surface area contributed by atoms with Crippen molar-refractivity contribution in [2.45, 2.75) is 65.9 Å². The Balaban J connectivity index is 1.37. The third-order valence-corrected chi connectivity index (χ3v) is 8.04. The molecule has 3 aliphatic rings. The first kappa shape index (κ1) is 26.5. The van der Waals surface area contributed by atoms with Gasteiger partial charge in [0.25, 0.3) is 0 Å². The fourth-order valence-corrected chi connectivity index (χ4v) is 6.28. The number of carbonyl (C=O) groups excluding carboxylic acids is 2. The van der Waals surface area contributed by atoms with E-state index < -0.39 is 5.92 Å². The molecule has 0 N–H and O–H groups in total. The summed E-state index contributed by atoms with van der Waals surface area (Å²) in [6, 6.07) is 15.0. The minimum atomic E-state index is -0.524. The van der Waals surface area contributed by atoms with Crippen molar-refractivity contribution in [2.75, 3.05) is 0 Å². The van der Waals surface area contributed by atoms with Crippen molar-refractivity contribution in [3.63, 3.8) is 0 Å². The lowest BCUT2D eigenvalue weighted by Gasteiger charge is -2.43. The van der Waals surface area contributed by atoms with Gasteiger partial charge in [-0.05, 0) is 35.1 Å². The summed E-state index contributed by atoms with van der Waals surface area (Å²) in [5.74, 6) is 1.51. The SMILES string of the molecule is CC1(C)CC(=O)C2=C(C1)OC1=C(C(=O)CC(C)(C)C1)C2c1ccccc1OCc1cn(-c2cccc(Cl)c2)nn1. The van der Waals surface area contributed by atoms with Gasteiger partial charge >= 0.3 is 0 Å². The van der Waals surface area contributed by atoms with Gasteiger partial charge < -0.3 is 9.47 Å². The molecular formula is C32H32ClN3O4. The molecule has 0 atom stereocenters. The van der Waals surface area contributed by atoms with E-state index in [1.54, 1.807) is 16.9 Å². The van der Waals surface area contributed by atoms with Crippen LogP contribution < -0.4 is 4.74 Å². The standard InChI is InChI=1S/C32H32ClN3O4/c1-31(2)13-23(37)29-26(15-31)40-27-16-32(3,4)14-24(38)30(27)28(29)22-10-5-6-11-25(22)39-18-20-17-36(35-34-20)21-9-7-8-19(33)12-21/h5-12,17,28H,13-16,18H2,1-4H3. The van der Waals surface area contributed by atoms with Crippen LogP contribution in [0.1, 0.15) is 70.6 Å². The van der Waals surface area contributed by atoms with Gasteiger partial charge in [0.2, 0.25) is 0 Å². The quantitative estimate of drug-likeness (QED) is 0.339. The number of ketones is 2. The molecule has 3 aromatic rings. The Morgan fingerprint density at radius 1 is 0.925 bits per heavy atom. The van der Waals surface area contributed by atoms with Gasteiger partial charge in [0.15, 0.2) is 11.6 Å². The Kier molecular flexibility index (Phi) is 6.45. The molecule has 40 heavy (non-hydrogen) atoms. The van der Waals surface area contributed by atoms with Gasteiger partial charge in [-0.25, -0.2) is 4.68 Å². The molecular weight excluding hydrogens is 526 g/mol. The largest absolute Gasteiger partial charge is 0.487 e. The summed E-state index contributed by atoms with van der Waals surface area (Å²) in [5.41, 5.74) is 2.98. The molecule has 206 valence electrons. The van der Waals surface area contributed by atoms with Crippen LogP contribution in [0.2, 0.25) is 5.02 Å². The molecule has 0 unspecified atom stereocenters. The van der Waals surface area contributed by atoms with E-state index in [1.165, 1.54) is 0 Å². The summed E-state index contributed by atoms with van der Waals surface area (Å²) in [6.45, 7) is 8.50. The molecule has 2 heterocycles. The van der Waals surface area contributed by atoms with Gasteiger partial charge in [0.1, 0.15) is 29.6 Å². The maximum absolute atomic E-state index is 13.6. The predicted molar refractivity (Wildman–Crippen MR) is 151 cm³/mol. The van der Waals surface area contributed by atoms with Crippen LogP contribution in [0.4, 0.5) is 0 Å². The Hall–Kier alpha value is -3.71. The van der Waals surface area contributed by atoms with Crippen LogP contribution in [0.5, 0.6) is 5.75 Å². The number of hydrogen-bond donors (Lipinski definition) is 0. The van der Waals surface area contributed by atoms with Gasteiger partial charge in [-0.1, -0.05) is 68.8 Å². The average Bonchev–Trinajstić information content (AvgIpc) is 3.34. The van der Waals surface area contributed by atoms with E-state index in [9.17, 15) is 9.59 Å². The van der Waals surface area contributed by atoms with Crippen molar-refractivity contribution in [3.8, 4) is 11.4 Å². The van der Waals surface area contributed by atoms with Crippen LogP contribution in [-0.4, -0.2) is 26.6 Å². The normalized spacial score (nSPS) is 20.2. The lowest BCUT2D eigenvalue weighted by molar-refractivity contribution is -0.120. The zero-order chi connectivity index (χ0) is 28.2. The average molecular weight is 558 g/mol. The van der Waals surface area contributed by atoms with E-state index in [0.717, 1.165) is 11.3 Å². The minimum absolute atomic E-state index is 0.0275. The number of benzene rings is 2. The van der Waals surface area contributed by atoms with E-state index in [0.29, 0.717) is 64.8 Å². The molecule has 8 heteroatoms. The fourth-order valence-electron chi connectivity index (χ4n) is 6.10. The van der Waals surface area contributed by atoms with Crippen molar-refractivity contribution in [2.24, 2.45) is 10.8 Å². The number of halogens is 1. The molecule has 2 aliphatic carbocycles. The van der Waals surface area contributed by atoms with Gasteiger partial charge in [-0.2, -0.15) is 0 Å². The van der Waals surface area contributed by atoms with Gasteiger partial charge in [-0.15, -0.1) is 5.10 Å². The summed E-state index contributed by atoms with van der Waals surface area (Å²) in [4.78, 5) is 27.3. The molecule has 0 amide bonds. The van der Waals surface area contributed by atoms with E-state index in [-0.39, 0.29) is 29.0 Å². The molecule has 7 nitrogen and oxygen atoms in total. The third kappa shape index (κ3) is 4.99. The minimum Gasteiger partial charge on any atom is -0.487 e. The van der Waals surface area contributed by atoms with Gasteiger partial charge in [-0.3, -0.25) is 9.59 Å². The lowest BCUT2D eigenvalue weighted by Crippen LogP contribution is -2.37. The number of para-hydroxylation sites is 1. The van der Waals surface area contributed by atoms with Crippen molar-refractivity contribution in [3.05, 3.63) is 93.7 Å². The van der Waals surface area contributed by atoms with E-state index >= 15 is 0 Å². The smallest absolute Gasteiger partial charge is 0.163 e. The number of carbonyl (C=O) groups is 2. The molecule has 0 radical (unpaired) electrons. The van der Waals surface area contributed by atoms with Crippen LogP contribution in [0.15, 0.2) is 77.4 Å². The number of rotatable bonds is 5. The van der Waals surface area contributed by atoms with Crippen LogP contribution in [-0.2, 0) is 20.9 Å². The topological polar surface area (TPSA) is 83.3 Å². The lowest BCUT2D eigenvalue weighted by atomic mass is 9.65. The second-order valence-electron chi connectivity index (χ2n) is 12.6. The second-order valence-corrected chi connectivity index (χ2v) is 13.0. The van der Waals surface area contributed by atoms with Crippen LogP contribution in [0.25, 0.3) is 5.69 Å². The van der Waals surface area contributed by atoms with Crippen molar-refractivity contribution >= 4 is 23.2 Å². The molecule has 0 bridgehead atoms. The van der Waals surface area contributed by atoms with Gasteiger partial charge in [0.05, 0.1) is 17.8 Å². The monoisotopic (exact) mass is 557 g/mol. The number of hydrogen-bond acceptors (Lipinski definition) is 6. The summed E-state index contributed by atoms with van der Waals surface area (Å²) < 4.78 is 14.4. The second kappa shape index (κ2) is 9.73. The Morgan fingerprint density at radius 2 is 1.57 bits per heavy atom. The number of allylic oxidation sites excluding steroid dienone is 4. The summed E-state index contributed by atoms with van der Waals surface area (Å²) in [5, 5.41) is 9.09. The van der Waals surface area contributed by atoms with Crippen LogP contribution in [0, 0.1) is 10.8 Å². The Bertz CT molecular complexity index is 1540. The van der Waals surface area contributed by atoms with E-state index in [1.807, 2.05) is 42.5 Å². The first-order chi connectivity index (χ1) is 19.0. The molecule has 2 aromatic carbocycles. The number of nitrogens with zero attached hydrogens (tertiary/aromatic N) is 3. The maximum Gasteiger partial charge on any atom is 0.163 e. The highest BCUT2D eigenvalue weighted by Gasteiger charge is 2.48. The number of aromatic nitrogens is 3. The molecule has 1 aliphatic heterocycles. The fraction of sp³-hybridized carbons (Fsp3) is 0.375. The number of Topliss-reactive ketones (excluding diaryl/α,β-unsaturated/α-hetero) is 2. The maximum atomic E-state index is 13.6. The third-order valence-electron chi connectivity index (χ3n) is 7.80. The molecule has 0 saturated carbocycles. The molecule has 0 saturated heterocycles. The van der Waals surface area contributed by atoms with Crippen molar-refractivity contribution in [1.29, 1.82) is 0 Å². The molecule has 1 aromatic heterocycles. The molecule has 0 fully saturated rings. The van der Waals surface area contributed by atoms with Crippen molar-refractivity contribution < 1.29 is 19.1 Å². The summed E-state index contributed by atoms with van der Waals surface area (Å²) in [6.07, 6.45) is 3.90. The molecule has 6 rings (SSSR count). The zero-order valence-corrected chi connectivity index (χ0v) is 23.9. The first-order valence-corrected chi connectivity index (χ1v) is 14.0. The first-order valence-electron chi connectivity index (χ1n) is 13.6.